The van der Waals surface area contributed by atoms with E-state index in [0.29, 0.717) is 5.15 Å². The molecule has 1 heterocycles. The Morgan fingerprint density at radius 2 is 1.52 bits per heavy atom. The minimum absolute atomic E-state index is 0.634. The molecule has 0 unspecified atom stereocenters. The Morgan fingerprint density at radius 1 is 0.862 bits per heavy atom. The molecule has 0 atom stereocenters. The Hall–Kier alpha value is -2.10. The van der Waals surface area contributed by atoms with Crippen molar-refractivity contribution in [3.05, 3.63) is 77.1 Å². The monoisotopic (exact) mass is 409 g/mol. The van der Waals surface area contributed by atoms with Crippen LogP contribution < -0.4 is 0 Å². The van der Waals surface area contributed by atoms with Crippen LogP contribution >= 0.6 is 11.6 Å². The lowest BCUT2D eigenvalue weighted by Crippen LogP contribution is -2.25. The van der Waals surface area contributed by atoms with Crippen LogP contribution in [0.2, 0.25) is 5.15 Å². The van der Waals surface area contributed by atoms with E-state index >= 15 is 0 Å². The summed E-state index contributed by atoms with van der Waals surface area (Å²) in [4.78, 5) is 7.27. The lowest BCUT2D eigenvalue weighted by atomic mass is 10.2. The van der Waals surface area contributed by atoms with Gasteiger partial charge in [-0.3, -0.25) is 4.90 Å². The molecule has 0 N–H and O–H groups in total. The quantitative estimate of drug-likeness (QED) is 0.347. The van der Waals surface area contributed by atoms with Gasteiger partial charge in [-0.1, -0.05) is 99.0 Å². The minimum Gasteiger partial charge on any atom is -0.325 e. The van der Waals surface area contributed by atoms with Crippen LogP contribution in [0.3, 0.4) is 0 Å². The predicted octanol–water partition coefficient (Wildman–Crippen LogP) is 6.81. The normalized spacial score (nSPS) is 11.3. The van der Waals surface area contributed by atoms with E-state index < -0.39 is 0 Å². The topological polar surface area (TPSA) is 21.1 Å². The summed E-state index contributed by atoms with van der Waals surface area (Å²) in [5, 5.41) is 0.634. The molecule has 4 heteroatoms. The van der Waals surface area contributed by atoms with Gasteiger partial charge in [-0.25, -0.2) is 4.98 Å². The van der Waals surface area contributed by atoms with Gasteiger partial charge in [0, 0.05) is 25.2 Å². The second-order valence-electron chi connectivity index (χ2n) is 7.59. The van der Waals surface area contributed by atoms with Crippen molar-refractivity contribution >= 4 is 11.6 Å². The molecule has 3 nitrogen and oxygen atoms in total. The number of benzene rings is 2. The molecule has 2 aromatic carbocycles. The first kappa shape index (κ1) is 21.6. The highest BCUT2D eigenvalue weighted by atomic mass is 35.5. The van der Waals surface area contributed by atoms with Crippen molar-refractivity contribution in [1.82, 2.24) is 14.5 Å². The molecule has 0 bridgehead atoms. The Kier molecular flexibility index (Phi) is 8.33. The molecule has 0 spiro atoms. The van der Waals surface area contributed by atoms with Crippen LogP contribution in [-0.2, 0) is 19.6 Å². The van der Waals surface area contributed by atoms with Crippen molar-refractivity contribution < 1.29 is 0 Å². The summed E-state index contributed by atoms with van der Waals surface area (Å²) >= 11 is 6.70. The molecule has 0 radical (unpaired) electrons. The molecule has 0 aliphatic carbocycles. The van der Waals surface area contributed by atoms with Gasteiger partial charge in [-0.2, -0.15) is 0 Å². The van der Waals surface area contributed by atoms with E-state index in [1.54, 1.807) is 0 Å². The first-order valence-electron chi connectivity index (χ1n) is 10.8. The third-order valence-electron chi connectivity index (χ3n) is 5.24. The van der Waals surface area contributed by atoms with E-state index in [0.717, 1.165) is 56.1 Å². The Balaban J connectivity index is 1.90. The van der Waals surface area contributed by atoms with E-state index in [9.17, 15) is 0 Å². The molecule has 3 aromatic rings. The first-order valence-corrected chi connectivity index (χ1v) is 11.2. The molecular formula is C25H32ClN3. The molecule has 0 fully saturated rings. The number of hydrogen-bond donors (Lipinski definition) is 0. The zero-order chi connectivity index (χ0) is 20.5. The zero-order valence-corrected chi connectivity index (χ0v) is 18.4. The molecule has 0 amide bonds. The summed E-state index contributed by atoms with van der Waals surface area (Å²) in [5.74, 6) is 0.981. The molecule has 154 valence electrons. The van der Waals surface area contributed by atoms with Crippen LogP contribution in [0.15, 0.2) is 60.7 Å². The summed E-state index contributed by atoms with van der Waals surface area (Å²) in [6, 6.07) is 21.1. The molecule has 3 rings (SSSR count). The second-order valence-corrected chi connectivity index (χ2v) is 7.95. The van der Waals surface area contributed by atoms with Gasteiger partial charge < -0.3 is 4.57 Å². The van der Waals surface area contributed by atoms with Crippen molar-refractivity contribution in [1.29, 1.82) is 0 Å². The van der Waals surface area contributed by atoms with Gasteiger partial charge in [0.1, 0.15) is 5.82 Å². The SMILES string of the molecule is CCCCN(Cc1ccccc1)Cc1c(Cl)nc(-c2ccccc2)n1CCCC. The second kappa shape index (κ2) is 11.2. The van der Waals surface area contributed by atoms with Crippen molar-refractivity contribution in [2.45, 2.75) is 59.2 Å². The fraction of sp³-hybridized carbons (Fsp3) is 0.400. The average Bonchev–Trinajstić information content (AvgIpc) is 3.07. The van der Waals surface area contributed by atoms with Gasteiger partial charge in [0.25, 0.3) is 0 Å². The molecule has 0 saturated carbocycles. The molecule has 1 aromatic heterocycles. The predicted molar refractivity (Wildman–Crippen MR) is 123 cm³/mol. The summed E-state index contributed by atoms with van der Waals surface area (Å²) in [6.07, 6.45) is 4.63. The molecule has 29 heavy (non-hydrogen) atoms. The molecule has 0 aliphatic rings. The fourth-order valence-electron chi connectivity index (χ4n) is 3.62. The largest absolute Gasteiger partial charge is 0.325 e. The smallest absolute Gasteiger partial charge is 0.152 e. The third kappa shape index (κ3) is 5.94. The summed E-state index contributed by atoms with van der Waals surface area (Å²) in [6.45, 7) is 8.22. The van der Waals surface area contributed by atoms with Crippen molar-refractivity contribution in [3.63, 3.8) is 0 Å². The minimum atomic E-state index is 0.634. The molecule has 0 aliphatic heterocycles. The zero-order valence-electron chi connectivity index (χ0n) is 17.6. The van der Waals surface area contributed by atoms with E-state index in [2.05, 4.69) is 77.9 Å². The molecule has 0 saturated heterocycles. The number of halogens is 1. The van der Waals surface area contributed by atoms with Crippen LogP contribution in [0.5, 0.6) is 0 Å². The Morgan fingerprint density at radius 3 is 2.17 bits per heavy atom. The van der Waals surface area contributed by atoms with Gasteiger partial charge in [-0.05, 0) is 24.9 Å². The van der Waals surface area contributed by atoms with Crippen LogP contribution in [0, 0.1) is 0 Å². The van der Waals surface area contributed by atoms with Crippen LogP contribution in [0.1, 0.15) is 50.8 Å². The Bertz CT molecular complexity index is 859. The number of hydrogen-bond acceptors (Lipinski definition) is 2. The lowest BCUT2D eigenvalue weighted by Gasteiger charge is -2.23. The van der Waals surface area contributed by atoms with Crippen LogP contribution in [-0.4, -0.2) is 21.0 Å². The van der Waals surface area contributed by atoms with Gasteiger partial charge in [0.05, 0.1) is 5.69 Å². The third-order valence-corrected chi connectivity index (χ3v) is 5.54. The first-order chi connectivity index (χ1) is 14.2. The van der Waals surface area contributed by atoms with Crippen molar-refractivity contribution in [2.75, 3.05) is 6.54 Å². The number of rotatable bonds is 11. The summed E-state index contributed by atoms with van der Waals surface area (Å²) < 4.78 is 2.34. The maximum atomic E-state index is 6.70. The van der Waals surface area contributed by atoms with Gasteiger partial charge in [-0.15, -0.1) is 0 Å². The van der Waals surface area contributed by atoms with Gasteiger partial charge in [0.15, 0.2) is 5.15 Å². The van der Waals surface area contributed by atoms with Crippen molar-refractivity contribution in [3.8, 4) is 11.4 Å². The van der Waals surface area contributed by atoms with E-state index in [1.807, 2.05) is 6.07 Å². The van der Waals surface area contributed by atoms with Gasteiger partial charge >= 0.3 is 0 Å². The number of aromatic nitrogens is 2. The van der Waals surface area contributed by atoms with Gasteiger partial charge in [0.2, 0.25) is 0 Å². The van der Waals surface area contributed by atoms with E-state index in [-0.39, 0.29) is 0 Å². The summed E-state index contributed by atoms with van der Waals surface area (Å²) in [5.41, 5.74) is 3.59. The maximum Gasteiger partial charge on any atom is 0.152 e. The highest BCUT2D eigenvalue weighted by Crippen LogP contribution is 2.28. The standard InChI is InChI=1S/C25H32ClN3/c1-3-5-17-28(19-21-13-9-7-10-14-21)20-23-24(26)27-25(29(23)18-6-4-2)22-15-11-8-12-16-22/h7-16H,3-6,17-20H2,1-2H3. The number of unbranched alkanes of at least 4 members (excludes halogenated alkanes) is 2. The van der Waals surface area contributed by atoms with E-state index in [1.165, 1.54) is 18.4 Å². The highest BCUT2D eigenvalue weighted by Gasteiger charge is 2.19. The molecular weight excluding hydrogens is 378 g/mol. The van der Waals surface area contributed by atoms with Crippen LogP contribution in [0.25, 0.3) is 11.4 Å². The van der Waals surface area contributed by atoms with Crippen LogP contribution in [0.4, 0.5) is 0 Å². The number of imidazole rings is 1. The lowest BCUT2D eigenvalue weighted by molar-refractivity contribution is 0.246. The average molecular weight is 410 g/mol. The number of nitrogens with zero attached hydrogens (tertiary/aromatic N) is 3. The summed E-state index contributed by atoms with van der Waals surface area (Å²) in [7, 11) is 0. The highest BCUT2D eigenvalue weighted by molar-refractivity contribution is 6.30. The Labute approximate surface area is 180 Å². The van der Waals surface area contributed by atoms with E-state index in [4.69, 9.17) is 16.6 Å². The fourth-order valence-corrected chi connectivity index (χ4v) is 3.86. The maximum absolute atomic E-state index is 6.70. The van der Waals surface area contributed by atoms with Crippen molar-refractivity contribution in [2.24, 2.45) is 0 Å².